The smallest absolute Gasteiger partial charge is 0.203 e. The molecule has 1 aliphatic rings. The maximum Gasteiger partial charge on any atom is 0.203 e. The summed E-state index contributed by atoms with van der Waals surface area (Å²) in [5, 5.41) is 11.8. The topological polar surface area (TPSA) is 58.4 Å². The molecule has 0 aliphatic heterocycles. The predicted molar refractivity (Wildman–Crippen MR) is 78.9 cm³/mol. The van der Waals surface area contributed by atoms with E-state index in [0.717, 1.165) is 23.8 Å². The average molecular weight is 274 g/mol. The lowest BCUT2D eigenvalue weighted by Gasteiger charge is -2.36. The van der Waals surface area contributed by atoms with Gasteiger partial charge in [0.15, 0.2) is 5.82 Å². The number of aromatic nitrogens is 4. The molecule has 6 heteroatoms. The fourth-order valence-corrected chi connectivity index (χ4v) is 3.13. The van der Waals surface area contributed by atoms with E-state index in [1.54, 1.807) is 6.20 Å². The van der Waals surface area contributed by atoms with Crippen LogP contribution < -0.4 is 5.32 Å². The number of hydrogen-bond acceptors (Lipinski definition) is 5. The molecule has 20 heavy (non-hydrogen) atoms. The Bertz CT molecular complexity index is 597. The van der Waals surface area contributed by atoms with Gasteiger partial charge in [-0.3, -0.25) is 4.40 Å². The summed E-state index contributed by atoms with van der Waals surface area (Å²) in [7, 11) is 4.34. The van der Waals surface area contributed by atoms with Crippen LogP contribution in [0.1, 0.15) is 31.5 Å². The van der Waals surface area contributed by atoms with Gasteiger partial charge in [-0.05, 0) is 33.9 Å². The highest BCUT2D eigenvalue weighted by Crippen LogP contribution is 2.34. The summed E-state index contributed by atoms with van der Waals surface area (Å²) in [6, 6.07) is 0. The summed E-state index contributed by atoms with van der Waals surface area (Å²) >= 11 is 0. The van der Waals surface area contributed by atoms with Crippen LogP contribution in [0.5, 0.6) is 0 Å². The van der Waals surface area contributed by atoms with Crippen LogP contribution in [0.25, 0.3) is 5.65 Å². The van der Waals surface area contributed by atoms with Crippen molar-refractivity contribution in [3.05, 3.63) is 18.2 Å². The number of rotatable bonds is 4. The summed E-state index contributed by atoms with van der Waals surface area (Å²) in [4.78, 5) is 6.77. The number of nitrogens with zero attached hydrogens (tertiary/aromatic N) is 5. The molecule has 0 spiro atoms. The molecule has 0 bridgehead atoms. The van der Waals surface area contributed by atoms with E-state index in [2.05, 4.69) is 39.5 Å². The van der Waals surface area contributed by atoms with E-state index < -0.39 is 0 Å². The number of fused-ring (bicyclic) bond motifs is 1. The SMILES string of the molecule is Cc1nnc2c(NCC3(N(C)C)CCCC3)nccn12. The summed E-state index contributed by atoms with van der Waals surface area (Å²) < 4.78 is 1.96. The third-order valence-electron chi connectivity index (χ3n) is 4.57. The monoisotopic (exact) mass is 274 g/mol. The molecule has 0 amide bonds. The molecule has 0 unspecified atom stereocenters. The third kappa shape index (κ3) is 2.14. The van der Waals surface area contributed by atoms with Crippen LogP contribution in [0.3, 0.4) is 0 Å². The Morgan fingerprint density at radius 3 is 2.75 bits per heavy atom. The molecule has 0 radical (unpaired) electrons. The highest BCUT2D eigenvalue weighted by atomic mass is 15.3. The highest BCUT2D eigenvalue weighted by molar-refractivity contribution is 5.62. The van der Waals surface area contributed by atoms with E-state index in [-0.39, 0.29) is 5.54 Å². The molecule has 1 aliphatic carbocycles. The first-order valence-electron chi connectivity index (χ1n) is 7.20. The first-order chi connectivity index (χ1) is 9.62. The van der Waals surface area contributed by atoms with E-state index in [4.69, 9.17) is 0 Å². The fourth-order valence-electron chi connectivity index (χ4n) is 3.13. The van der Waals surface area contributed by atoms with Crippen LogP contribution in [0.2, 0.25) is 0 Å². The molecular formula is C14H22N6. The Kier molecular flexibility index (Phi) is 3.33. The quantitative estimate of drug-likeness (QED) is 0.920. The van der Waals surface area contributed by atoms with Crippen LogP contribution in [0.4, 0.5) is 5.82 Å². The number of likely N-dealkylation sites (N-methyl/N-ethyl adjacent to an activating group) is 1. The maximum atomic E-state index is 4.42. The number of anilines is 1. The molecule has 1 saturated carbocycles. The second-order valence-corrected chi connectivity index (χ2v) is 5.90. The summed E-state index contributed by atoms with van der Waals surface area (Å²) in [5.74, 6) is 1.70. The van der Waals surface area contributed by atoms with Gasteiger partial charge >= 0.3 is 0 Å². The molecule has 108 valence electrons. The third-order valence-corrected chi connectivity index (χ3v) is 4.57. The van der Waals surface area contributed by atoms with Gasteiger partial charge in [0.1, 0.15) is 5.82 Å². The number of hydrogen-bond donors (Lipinski definition) is 1. The van der Waals surface area contributed by atoms with E-state index in [1.807, 2.05) is 17.5 Å². The van der Waals surface area contributed by atoms with E-state index >= 15 is 0 Å². The zero-order valence-corrected chi connectivity index (χ0v) is 12.4. The Balaban J connectivity index is 1.83. The molecule has 0 atom stereocenters. The molecule has 2 heterocycles. The van der Waals surface area contributed by atoms with Crippen molar-refractivity contribution in [1.29, 1.82) is 0 Å². The summed E-state index contributed by atoms with van der Waals surface area (Å²) in [6.45, 7) is 2.85. The van der Waals surface area contributed by atoms with Gasteiger partial charge in [-0.15, -0.1) is 10.2 Å². The lowest BCUT2D eigenvalue weighted by Crippen LogP contribution is -2.47. The van der Waals surface area contributed by atoms with Gasteiger partial charge in [0.25, 0.3) is 0 Å². The molecule has 2 aromatic heterocycles. The van der Waals surface area contributed by atoms with Crippen molar-refractivity contribution in [2.45, 2.75) is 38.1 Å². The zero-order valence-electron chi connectivity index (χ0n) is 12.4. The Morgan fingerprint density at radius 1 is 1.30 bits per heavy atom. The van der Waals surface area contributed by atoms with Crippen LogP contribution in [-0.2, 0) is 0 Å². The molecule has 0 saturated heterocycles. The van der Waals surface area contributed by atoms with Crippen molar-refractivity contribution in [1.82, 2.24) is 24.5 Å². The minimum Gasteiger partial charge on any atom is -0.365 e. The Hall–Kier alpha value is -1.69. The minimum atomic E-state index is 0.240. The van der Waals surface area contributed by atoms with Gasteiger partial charge in [0, 0.05) is 24.5 Å². The number of nitrogens with one attached hydrogen (secondary N) is 1. The second-order valence-electron chi connectivity index (χ2n) is 5.90. The first-order valence-corrected chi connectivity index (χ1v) is 7.20. The highest BCUT2D eigenvalue weighted by Gasteiger charge is 2.35. The van der Waals surface area contributed by atoms with E-state index in [9.17, 15) is 0 Å². The normalized spacial score (nSPS) is 18.0. The lowest BCUT2D eigenvalue weighted by molar-refractivity contribution is 0.172. The molecule has 2 aromatic rings. The van der Waals surface area contributed by atoms with Gasteiger partial charge < -0.3 is 10.2 Å². The van der Waals surface area contributed by atoms with Crippen molar-refractivity contribution in [3.63, 3.8) is 0 Å². The van der Waals surface area contributed by atoms with Gasteiger partial charge in [-0.2, -0.15) is 0 Å². The van der Waals surface area contributed by atoms with Crippen LogP contribution >= 0.6 is 0 Å². The maximum absolute atomic E-state index is 4.42. The zero-order chi connectivity index (χ0) is 14.2. The molecular weight excluding hydrogens is 252 g/mol. The molecule has 3 rings (SSSR count). The minimum absolute atomic E-state index is 0.240. The van der Waals surface area contributed by atoms with E-state index in [1.165, 1.54) is 25.7 Å². The molecule has 6 nitrogen and oxygen atoms in total. The van der Waals surface area contributed by atoms with Crippen LogP contribution in [0, 0.1) is 6.92 Å². The molecule has 1 N–H and O–H groups in total. The Morgan fingerprint density at radius 2 is 2.05 bits per heavy atom. The summed E-state index contributed by atoms with van der Waals surface area (Å²) in [5.41, 5.74) is 1.04. The van der Waals surface area contributed by atoms with Crippen molar-refractivity contribution in [2.75, 3.05) is 26.0 Å². The van der Waals surface area contributed by atoms with Crippen molar-refractivity contribution >= 4 is 11.5 Å². The average Bonchev–Trinajstić information content (AvgIpc) is 3.05. The van der Waals surface area contributed by atoms with Crippen LogP contribution in [0.15, 0.2) is 12.4 Å². The summed E-state index contributed by atoms with van der Waals surface area (Å²) in [6.07, 6.45) is 8.78. The van der Waals surface area contributed by atoms with Gasteiger partial charge in [0.2, 0.25) is 5.65 Å². The van der Waals surface area contributed by atoms with Crippen molar-refractivity contribution < 1.29 is 0 Å². The van der Waals surface area contributed by atoms with Crippen LogP contribution in [-0.4, -0.2) is 50.7 Å². The van der Waals surface area contributed by atoms with Crippen molar-refractivity contribution in [3.8, 4) is 0 Å². The lowest BCUT2D eigenvalue weighted by atomic mass is 9.96. The van der Waals surface area contributed by atoms with Crippen molar-refractivity contribution in [2.24, 2.45) is 0 Å². The molecule has 1 fully saturated rings. The standard InChI is InChI=1S/C14H22N6/c1-11-17-18-13-12(15-8-9-20(11)13)16-10-14(19(2)3)6-4-5-7-14/h8-9H,4-7,10H2,1-3H3,(H,15,16). The van der Waals surface area contributed by atoms with Gasteiger partial charge in [0.05, 0.1) is 0 Å². The molecule has 0 aromatic carbocycles. The Labute approximate surface area is 119 Å². The predicted octanol–water partition coefficient (Wildman–Crippen LogP) is 1.72. The van der Waals surface area contributed by atoms with Gasteiger partial charge in [-0.1, -0.05) is 12.8 Å². The van der Waals surface area contributed by atoms with E-state index in [0.29, 0.717) is 0 Å². The second kappa shape index (κ2) is 5.01. The number of aryl methyl sites for hydroxylation is 1. The first kappa shape index (κ1) is 13.3. The van der Waals surface area contributed by atoms with Gasteiger partial charge in [-0.25, -0.2) is 4.98 Å². The fraction of sp³-hybridized carbons (Fsp3) is 0.643. The largest absolute Gasteiger partial charge is 0.365 e.